The molecule has 0 spiro atoms. The summed E-state index contributed by atoms with van der Waals surface area (Å²) in [5.41, 5.74) is 5.97. The second kappa shape index (κ2) is 9.48. The summed E-state index contributed by atoms with van der Waals surface area (Å²) in [7, 11) is 0. The highest BCUT2D eigenvalue weighted by molar-refractivity contribution is 5.48. The zero-order valence-electron chi connectivity index (χ0n) is 16.1. The van der Waals surface area contributed by atoms with Gasteiger partial charge in [0.2, 0.25) is 0 Å². The summed E-state index contributed by atoms with van der Waals surface area (Å²) in [5, 5.41) is 10.9. The van der Waals surface area contributed by atoms with Crippen molar-refractivity contribution >= 4 is 5.69 Å². The monoisotopic (exact) mass is 355 g/mol. The Balaban J connectivity index is 2.34. The first kappa shape index (κ1) is 20.1. The van der Waals surface area contributed by atoms with E-state index in [0.29, 0.717) is 6.61 Å². The van der Waals surface area contributed by atoms with Gasteiger partial charge in [0.1, 0.15) is 6.10 Å². The van der Waals surface area contributed by atoms with Gasteiger partial charge in [0.15, 0.2) is 0 Å². The van der Waals surface area contributed by atoms with E-state index in [1.165, 1.54) is 16.7 Å². The van der Waals surface area contributed by atoms with E-state index in [1.807, 2.05) is 0 Å². The molecule has 0 bridgehead atoms. The molecule has 1 aliphatic rings. The average molecular weight is 355 g/mol. The van der Waals surface area contributed by atoms with Crippen LogP contribution in [0.3, 0.4) is 0 Å². The Labute approximate surface area is 156 Å². The van der Waals surface area contributed by atoms with Gasteiger partial charge in [0, 0.05) is 12.1 Å². The Morgan fingerprint density at radius 3 is 2.46 bits per heavy atom. The van der Waals surface area contributed by atoms with Crippen LogP contribution in [0.1, 0.15) is 64.5 Å². The molecular weight excluding hydrogens is 326 g/mol. The van der Waals surface area contributed by atoms with E-state index in [0.717, 1.165) is 43.2 Å². The Bertz CT molecular complexity index is 707. The third-order valence-electron chi connectivity index (χ3n) is 4.98. The molecule has 0 N–H and O–H groups in total. The minimum absolute atomic E-state index is 0.105. The molecule has 4 nitrogen and oxygen atoms in total. The first-order valence-electron chi connectivity index (χ1n) is 9.48. The van der Waals surface area contributed by atoms with Gasteiger partial charge in [-0.25, -0.2) is 0 Å². The maximum absolute atomic E-state index is 10.9. The van der Waals surface area contributed by atoms with Gasteiger partial charge >= 0.3 is 0 Å². The molecule has 1 unspecified atom stereocenters. The average Bonchev–Trinajstić information content (AvgIpc) is 3.08. The van der Waals surface area contributed by atoms with Crippen molar-refractivity contribution in [3.63, 3.8) is 0 Å². The SMILES string of the molecule is C=C(C=C(CC)CC)C1=C(CCCC)C(c2ccc([N+](=O)[O-])cc2)OC1. The van der Waals surface area contributed by atoms with E-state index in [4.69, 9.17) is 4.74 Å². The summed E-state index contributed by atoms with van der Waals surface area (Å²) in [4.78, 5) is 10.5. The summed E-state index contributed by atoms with van der Waals surface area (Å²) in [5.74, 6) is 0. The predicted molar refractivity (Wildman–Crippen MR) is 106 cm³/mol. The van der Waals surface area contributed by atoms with Crippen LogP contribution in [0.5, 0.6) is 0 Å². The number of benzene rings is 1. The molecule has 0 fully saturated rings. The molecule has 0 amide bonds. The topological polar surface area (TPSA) is 52.4 Å². The molecule has 0 aliphatic carbocycles. The van der Waals surface area contributed by atoms with E-state index >= 15 is 0 Å². The van der Waals surface area contributed by atoms with E-state index in [2.05, 4.69) is 33.4 Å². The lowest BCUT2D eigenvalue weighted by atomic mass is 9.91. The van der Waals surface area contributed by atoms with Crippen molar-refractivity contribution in [2.45, 2.75) is 59.0 Å². The number of nitrogens with zero attached hydrogens (tertiary/aromatic N) is 1. The fourth-order valence-corrected chi connectivity index (χ4v) is 3.32. The smallest absolute Gasteiger partial charge is 0.269 e. The molecule has 4 heteroatoms. The third kappa shape index (κ3) is 4.70. The zero-order chi connectivity index (χ0) is 19.1. The lowest BCUT2D eigenvalue weighted by Gasteiger charge is -2.15. The van der Waals surface area contributed by atoms with E-state index < -0.39 is 0 Å². The van der Waals surface area contributed by atoms with Gasteiger partial charge in [-0.2, -0.15) is 0 Å². The minimum atomic E-state index is -0.373. The molecule has 140 valence electrons. The van der Waals surface area contributed by atoms with Crippen molar-refractivity contribution in [3.05, 3.63) is 74.9 Å². The van der Waals surface area contributed by atoms with E-state index in [9.17, 15) is 10.1 Å². The van der Waals surface area contributed by atoms with Crippen molar-refractivity contribution in [2.24, 2.45) is 0 Å². The molecule has 1 aromatic rings. The molecule has 1 atom stereocenters. The second-order valence-corrected chi connectivity index (χ2v) is 6.68. The Kier molecular flexibility index (Phi) is 7.34. The van der Waals surface area contributed by atoms with Gasteiger partial charge in [-0.1, -0.05) is 45.4 Å². The lowest BCUT2D eigenvalue weighted by Crippen LogP contribution is -2.02. The summed E-state index contributed by atoms with van der Waals surface area (Å²) < 4.78 is 6.10. The molecule has 0 aromatic heterocycles. The number of hydrogen-bond acceptors (Lipinski definition) is 3. The van der Waals surface area contributed by atoms with Crippen LogP contribution in [0.15, 0.2) is 59.2 Å². The number of ether oxygens (including phenoxy) is 1. The minimum Gasteiger partial charge on any atom is -0.364 e. The molecule has 0 saturated heterocycles. The fraction of sp³-hybridized carbons (Fsp3) is 0.455. The van der Waals surface area contributed by atoms with Crippen LogP contribution in [0.2, 0.25) is 0 Å². The fourth-order valence-electron chi connectivity index (χ4n) is 3.32. The van der Waals surface area contributed by atoms with Crippen molar-refractivity contribution in [2.75, 3.05) is 6.61 Å². The van der Waals surface area contributed by atoms with Gasteiger partial charge in [0.25, 0.3) is 5.69 Å². The first-order valence-corrected chi connectivity index (χ1v) is 9.48. The van der Waals surface area contributed by atoms with Crippen molar-refractivity contribution in [1.82, 2.24) is 0 Å². The summed E-state index contributed by atoms with van der Waals surface area (Å²) in [6.07, 6.45) is 7.29. The molecular formula is C22H29NO3. The normalized spacial score (nSPS) is 16.7. The van der Waals surface area contributed by atoms with Gasteiger partial charge in [-0.05, 0) is 60.1 Å². The summed E-state index contributed by atoms with van der Waals surface area (Å²) in [6.45, 7) is 11.4. The largest absolute Gasteiger partial charge is 0.364 e. The van der Waals surface area contributed by atoms with Crippen LogP contribution < -0.4 is 0 Å². The van der Waals surface area contributed by atoms with Crippen molar-refractivity contribution < 1.29 is 9.66 Å². The number of unbranched alkanes of at least 4 members (excludes halogenated alkanes) is 1. The van der Waals surface area contributed by atoms with Crippen molar-refractivity contribution in [1.29, 1.82) is 0 Å². The maximum atomic E-state index is 10.9. The molecule has 0 radical (unpaired) electrons. The molecule has 1 heterocycles. The standard InChI is InChI=1S/C22H29NO3/c1-5-8-9-20-21(16(4)14-17(6-2)7-3)15-26-22(20)18-10-12-19(13-11-18)23(24)25/h10-14,22H,4-9,15H2,1-3H3. The summed E-state index contributed by atoms with van der Waals surface area (Å²) in [6, 6.07) is 6.71. The van der Waals surface area contributed by atoms with E-state index in [-0.39, 0.29) is 16.7 Å². The Morgan fingerprint density at radius 1 is 1.27 bits per heavy atom. The van der Waals surface area contributed by atoms with E-state index in [1.54, 1.807) is 24.3 Å². The van der Waals surface area contributed by atoms with Gasteiger partial charge < -0.3 is 4.74 Å². The van der Waals surface area contributed by atoms with Crippen LogP contribution in [0.25, 0.3) is 0 Å². The van der Waals surface area contributed by atoms with Crippen LogP contribution in [-0.4, -0.2) is 11.5 Å². The Hall–Kier alpha value is -2.20. The number of allylic oxidation sites excluding steroid dienone is 2. The first-order chi connectivity index (χ1) is 12.5. The quantitative estimate of drug-likeness (QED) is 0.290. The van der Waals surface area contributed by atoms with Crippen molar-refractivity contribution in [3.8, 4) is 0 Å². The highest BCUT2D eigenvalue weighted by Gasteiger charge is 2.28. The van der Waals surface area contributed by atoms with Gasteiger partial charge in [0.05, 0.1) is 11.5 Å². The van der Waals surface area contributed by atoms with Crippen LogP contribution in [-0.2, 0) is 4.74 Å². The molecule has 1 aliphatic heterocycles. The highest BCUT2D eigenvalue weighted by atomic mass is 16.6. The number of non-ortho nitro benzene ring substituents is 1. The maximum Gasteiger partial charge on any atom is 0.269 e. The summed E-state index contributed by atoms with van der Waals surface area (Å²) >= 11 is 0. The highest BCUT2D eigenvalue weighted by Crippen LogP contribution is 2.40. The molecule has 2 rings (SSSR count). The zero-order valence-corrected chi connectivity index (χ0v) is 16.1. The molecule has 0 saturated carbocycles. The number of rotatable bonds is 9. The van der Waals surface area contributed by atoms with Gasteiger partial charge in [-0.15, -0.1) is 0 Å². The molecule has 26 heavy (non-hydrogen) atoms. The molecule has 1 aromatic carbocycles. The number of nitro groups is 1. The van der Waals surface area contributed by atoms with Gasteiger partial charge in [-0.3, -0.25) is 10.1 Å². The third-order valence-corrected chi connectivity index (χ3v) is 4.98. The Morgan fingerprint density at radius 2 is 1.92 bits per heavy atom. The predicted octanol–water partition coefficient (Wildman–Crippen LogP) is 6.46. The van der Waals surface area contributed by atoms with Crippen LogP contribution in [0, 0.1) is 10.1 Å². The van der Waals surface area contributed by atoms with Crippen LogP contribution >= 0.6 is 0 Å². The second-order valence-electron chi connectivity index (χ2n) is 6.68. The number of nitro benzene ring substituents is 1. The number of hydrogen-bond donors (Lipinski definition) is 0. The lowest BCUT2D eigenvalue weighted by molar-refractivity contribution is -0.384. The van der Waals surface area contributed by atoms with Crippen LogP contribution in [0.4, 0.5) is 5.69 Å².